The molecular formula is C17H21ClN2O3S. The number of aromatic nitrogens is 2. The van der Waals surface area contributed by atoms with Gasteiger partial charge in [0.25, 0.3) is 0 Å². The molecule has 1 fully saturated rings. The third kappa shape index (κ3) is 3.59. The quantitative estimate of drug-likeness (QED) is 0.759. The Morgan fingerprint density at radius 2 is 1.96 bits per heavy atom. The van der Waals surface area contributed by atoms with E-state index in [0.29, 0.717) is 16.6 Å². The van der Waals surface area contributed by atoms with E-state index >= 15 is 0 Å². The minimum absolute atomic E-state index is 0.0768. The standard InChI is InChI=1S/C17H21ClN2O3S/c1-12-19-17(11-20(12)2)24(21,22)23-16-9-8-14(18)10-15(16)13-6-4-3-5-7-13/h8-11,13H,3-7H2,1-2H3. The first-order chi connectivity index (χ1) is 11.4. The SMILES string of the molecule is Cc1nc(S(=O)(=O)Oc2ccc(Cl)cc2C2CCCCC2)cn1C. The normalized spacial score (nSPS) is 16.3. The van der Waals surface area contributed by atoms with E-state index in [1.165, 1.54) is 12.6 Å². The summed E-state index contributed by atoms with van der Waals surface area (Å²) in [6.45, 7) is 1.74. The van der Waals surface area contributed by atoms with E-state index in [-0.39, 0.29) is 10.9 Å². The van der Waals surface area contributed by atoms with Gasteiger partial charge in [0.2, 0.25) is 5.03 Å². The average molecular weight is 369 g/mol. The second-order valence-corrected chi connectivity index (χ2v) is 8.22. The number of hydrogen-bond donors (Lipinski definition) is 0. The lowest BCUT2D eigenvalue weighted by atomic mass is 9.84. The Hall–Kier alpha value is -1.53. The number of rotatable bonds is 4. The molecule has 0 N–H and O–H groups in total. The summed E-state index contributed by atoms with van der Waals surface area (Å²) in [4.78, 5) is 4.06. The average Bonchev–Trinajstić information content (AvgIpc) is 2.90. The van der Waals surface area contributed by atoms with Gasteiger partial charge in [-0.2, -0.15) is 8.42 Å². The van der Waals surface area contributed by atoms with Crippen LogP contribution in [0.4, 0.5) is 0 Å². The van der Waals surface area contributed by atoms with Gasteiger partial charge in [0.05, 0.1) is 0 Å². The molecule has 0 unspecified atom stereocenters. The van der Waals surface area contributed by atoms with E-state index in [9.17, 15) is 8.42 Å². The van der Waals surface area contributed by atoms with Crippen LogP contribution in [0.5, 0.6) is 5.75 Å². The first kappa shape index (κ1) is 17.3. The number of imidazole rings is 1. The molecule has 1 saturated carbocycles. The van der Waals surface area contributed by atoms with E-state index in [4.69, 9.17) is 15.8 Å². The van der Waals surface area contributed by atoms with Crippen molar-refractivity contribution in [2.24, 2.45) is 7.05 Å². The van der Waals surface area contributed by atoms with Gasteiger partial charge in [0, 0.05) is 23.8 Å². The maximum atomic E-state index is 12.6. The van der Waals surface area contributed by atoms with Crippen LogP contribution in [0.15, 0.2) is 29.4 Å². The van der Waals surface area contributed by atoms with Crippen LogP contribution in [-0.4, -0.2) is 18.0 Å². The Labute approximate surface area is 147 Å². The lowest BCUT2D eigenvalue weighted by molar-refractivity contribution is 0.428. The Morgan fingerprint density at radius 1 is 1.25 bits per heavy atom. The second kappa shape index (κ2) is 6.76. The lowest BCUT2D eigenvalue weighted by Gasteiger charge is -2.24. The van der Waals surface area contributed by atoms with Crippen LogP contribution in [0.1, 0.15) is 49.4 Å². The van der Waals surface area contributed by atoms with Crippen molar-refractivity contribution < 1.29 is 12.6 Å². The molecule has 0 bridgehead atoms. The van der Waals surface area contributed by atoms with Gasteiger partial charge >= 0.3 is 10.1 Å². The molecule has 1 aliphatic rings. The maximum absolute atomic E-state index is 12.6. The van der Waals surface area contributed by atoms with Crippen molar-refractivity contribution in [1.29, 1.82) is 0 Å². The van der Waals surface area contributed by atoms with Gasteiger partial charge < -0.3 is 8.75 Å². The molecular weight excluding hydrogens is 348 g/mol. The molecule has 0 saturated heterocycles. The molecule has 24 heavy (non-hydrogen) atoms. The summed E-state index contributed by atoms with van der Waals surface area (Å²) < 4.78 is 32.2. The number of benzene rings is 1. The second-order valence-electron chi connectivity index (χ2n) is 6.29. The monoisotopic (exact) mass is 368 g/mol. The van der Waals surface area contributed by atoms with Gasteiger partial charge in [-0.05, 0) is 43.9 Å². The summed E-state index contributed by atoms with van der Waals surface area (Å²) in [7, 11) is -2.22. The van der Waals surface area contributed by atoms with Crippen LogP contribution >= 0.6 is 11.6 Å². The zero-order chi connectivity index (χ0) is 17.3. The molecule has 1 heterocycles. The summed E-state index contributed by atoms with van der Waals surface area (Å²) in [6.07, 6.45) is 7.02. The fraction of sp³-hybridized carbons (Fsp3) is 0.471. The van der Waals surface area contributed by atoms with Gasteiger partial charge in [-0.1, -0.05) is 30.9 Å². The zero-order valence-electron chi connectivity index (χ0n) is 13.8. The highest BCUT2D eigenvalue weighted by Crippen LogP contribution is 2.39. The third-order valence-electron chi connectivity index (χ3n) is 4.56. The first-order valence-electron chi connectivity index (χ1n) is 8.11. The molecule has 5 nitrogen and oxygen atoms in total. The molecule has 1 aromatic carbocycles. The number of hydrogen-bond acceptors (Lipinski definition) is 4. The van der Waals surface area contributed by atoms with Crippen molar-refractivity contribution in [2.75, 3.05) is 0 Å². The fourth-order valence-electron chi connectivity index (χ4n) is 3.14. The topological polar surface area (TPSA) is 61.2 Å². The summed E-state index contributed by atoms with van der Waals surface area (Å²) >= 11 is 6.13. The molecule has 0 amide bonds. The van der Waals surface area contributed by atoms with Gasteiger partial charge in [-0.25, -0.2) is 4.98 Å². The predicted octanol–water partition coefficient (Wildman–Crippen LogP) is 4.20. The molecule has 1 aromatic heterocycles. The Balaban J connectivity index is 1.94. The molecule has 0 radical (unpaired) electrons. The maximum Gasteiger partial charge on any atom is 0.358 e. The predicted molar refractivity (Wildman–Crippen MR) is 93.0 cm³/mol. The molecule has 0 atom stereocenters. The van der Waals surface area contributed by atoms with Crippen LogP contribution < -0.4 is 4.18 Å². The summed E-state index contributed by atoms with van der Waals surface area (Å²) in [6, 6.07) is 5.12. The molecule has 3 rings (SSSR count). The summed E-state index contributed by atoms with van der Waals surface area (Å²) in [5, 5.41) is 0.515. The van der Waals surface area contributed by atoms with Crippen LogP contribution in [-0.2, 0) is 17.2 Å². The highest BCUT2D eigenvalue weighted by Gasteiger charge is 2.25. The highest BCUT2D eigenvalue weighted by atomic mass is 35.5. The van der Waals surface area contributed by atoms with Crippen LogP contribution in [0.25, 0.3) is 0 Å². The molecule has 1 aliphatic carbocycles. The molecule has 0 aliphatic heterocycles. The number of halogens is 1. The number of nitrogens with zero attached hydrogens (tertiary/aromatic N) is 2. The molecule has 130 valence electrons. The lowest BCUT2D eigenvalue weighted by Crippen LogP contribution is -2.13. The fourth-order valence-corrected chi connectivity index (χ4v) is 4.32. The van der Waals surface area contributed by atoms with Crippen molar-refractivity contribution in [3.05, 3.63) is 40.8 Å². The van der Waals surface area contributed by atoms with Gasteiger partial charge in [0.1, 0.15) is 11.6 Å². The minimum Gasteiger partial charge on any atom is -0.378 e. The van der Waals surface area contributed by atoms with Gasteiger partial charge in [0.15, 0.2) is 0 Å². The first-order valence-corrected chi connectivity index (χ1v) is 9.89. The Kier molecular flexibility index (Phi) is 4.88. The smallest absolute Gasteiger partial charge is 0.358 e. The minimum atomic E-state index is -3.96. The molecule has 7 heteroatoms. The van der Waals surface area contributed by atoms with Crippen molar-refractivity contribution in [3.63, 3.8) is 0 Å². The molecule has 0 spiro atoms. The zero-order valence-corrected chi connectivity index (χ0v) is 15.4. The third-order valence-corrected chi connectivity index (χ3v) is 5.90. The largest absolute Gasteiger partial charge is 0.378 e. The van der Waals surface area contributed by atoms with Crippen molar-refractivity contribution in [2.45, 2.75) is 50.0 Å². The van der Waals surface area contributed by atoms with Crippen LogP contribution in [0, 0.1) is 6.92 Å². The van der Waals surface area contributed by atoms with Gasteiger partial charge in [-0.15, -0.1) is 0 Å². The van der Waals surface area contributed by atoms with Crippen molar-refractivity contribution in [1.82, 2.24) is 9.55 Å². The van der Waals surface area contributed by atoms with E-state index in [1.54, 1.807) is 30.7 Å². The molecule has 2 aromatic rings. The van der Waals surface area contributed by atoms with Crippen LogP contribution in [0.3, 0.4) is 0 Å². The Bertz CT molecular complexity index is 820. The van der Waals surface area contributed by atoms with E-state index in [1.807, 2.05) is 6.07 Å². The van der Waals surface area contributed by atoms with Crippen molar-refractivity contribution in [3.8, 4) is 5.75 Å². The van der Waals surface area contributed by atoms with Crippen molar-refractivity contribution >= 4 is 21.7 Å². The van der Waals surface area contributed by atoms with Gasteiger partial charge in [-0.3, -0.25) is 0 Å². The number of aryl methyl sites for hydroxylation is 2. The van der Waals surface area contributed by atoms with E-state index < -0.39 is 10.1 Å². The van der Waals surface area contributed by atoms with E-state index in [2.05, 4.69) is 4.98 Å². The summed E-state index contributed by atoms with van der Waals surface area (Å²) in [5.41, 5.74) is 0.874. The van der Waals surface area contributed by atoms with E-state index in [0.717, 1.165) is 31.2 Å². The summed E-state index contributed by atoms with van der Waals surface area (Å²) in [5.74, 6) is 1.25. The Morgan fingerprint density at radius 3 is 2.58 bits per heavy atom. The van der Waals surface area contributed by atoms with Crippen LogP contribution in [0.2, 0.25) is 5.02 Å². The highest BCUT2D eigenvalue weighted by molar-refractivity contribution is 7.87.